The van der Waals surface area contributed by atoms with E-state index in [-0.39, 0.29) is 35.7 Å². The molecule has 190 valence electrons. The van der Waals surface area contributed by atoms with Crippen molar-refractivity contribution in [3.63, 3.8) is 0 Å². The highest BCUT2D eigenvalue weighted by Gasteiger charge is 2.68. The van der Waals surface area contributed by atoms with Gasteiger partial charge in [0.2, 0.25) is 0 Å². The molecule has 4 fully saturated rings. The van der Waals surface area contributed by atoms with Gasteiger partial charge in [-0.1, -0.05) is 52.7 Å². The molecule has 33 heavy (non-hydrogen) atoms. The molecule has 4 N–H and O–H groups in total. The minimum absolute atomic E-state index is 0.0226. The molecule has 0 radical (unpaired) electrons. The summed E-state index contributed by atoms with van der Waals surface area (Å²) in [6, 6.07) is 0. The summed E-state index contributed by atoms with van der Waals surface area (Å²) in [6.45, 7) is 16.2. The molecule has 4 rings (SSSR count). The highest BCUT2D eigenvalue weighted by atomic mass is 16.3. The summed E-state index contributed by atoms with van der Waals surface area (Å²) >= 11 is 0. The molecule has 0 saturated heterocycles. The summed E-state index contributed by atoms with van der Waals surface area (Å²) in [6.07, 6.45) is 4.42. The lowest BCUT2D eigenvalue weighted by Crippen LogP contribution is -2.68. The Bertz CT molecular complexity index is 776. The fourth-order valence-corrected chi connectivity index (χ4v) is 9.26. The first kappa shape index (κ1) is 25.7. The molecular formula is C29H50O4. The van der Waals surface area contributed by atoms with Crippen molar-refractivity contribution in [1.29, 1.82) is 0 Å². The van der Waals surface area contributed by atoms with E-state index in [4.69, 9.17) is 0 Å². The van der Waals surface area contributed by atoms with Gasteiger partial charge in [-0.15, -0.1) is 0 Å². The second-order valence-corrected chi connectivity index (χ2v) is 13.6. The Morgan fingerprint density at radius 1 is 1.03 bits per heavy atom. The Kier molecular flexibility index (Phi) is 6.69. The van der Waals surface area contributed by atoms with Crippen LogP contribution in [-0.4, -0.2) is 44.3 Å². The van der Waals surface area contributed by atoms with Crippen molar-refractivity contribution in [3.05, 3.63) is 11.1 Å². The SMILES string of the molecule is C/C(C[C@@H](C)[C@H](C)C(C)C)=C1/C[C@H](O)[C@H]2[C@@H]3C[C@@H](O)[C@@]4(O)C[C@@H](O)CC[C@]4(C)[C@H]3CC[C@]12C. The van der Waals surface area contributed by atoms with Gasteiger partial charge in [-0.3, -0.25) is 0 Å². The quantitative estimate of drug-likeness (QED) is 0.439. The third kappa shape index (κ3) is 3.77. The van der Waals surface area contributed by atoms with Gasteiger partial charge in [-0.25, -0.2) is 0 Å². The van der Waals surface area contributed by atoms with Gasteiger partial charge in [-0.2, -0.15) is 0 Å². The van der Waals surface area contributed by atoms with E-state index in [0.29, 0.717) is 30.6 Å². The van der Waals surface area contributed by atoms with E-state index in [1.54, 1.807) is 0 Å². The summed E-state index contributed by atoms with van der Waals surface area (Å²) in [4.78, 5) is 0. The summed E-state index contributed by atoms with van der Waals surface area (Å²) in [5.41, 5.74) is 1.29. The lowest BCUT2D eigenvalue weighted by molar-refractivity contribution is -0.265. The molecule has 4 aliphatic rings. The van der Waals surface area contributed by atoms with E-state index in [2.05, 4.69) is 48.5 Å². The Hall–Kier alpha value is -0.420. The summed E-state index contributed by atoms with van der Waals surface area (Å²) < 4.78 is 0. The molecule has 4 heteroatoms. The predicted molar refractivity (Wildman–Crippen MR) is 132 cm³/mol. The number of aliphatic hydroxyl groups is 4. The van der Waals surface area contributed by atoms with Gasteiger partial charge in [0.1, 0.15) is 0 Å². The monoisotopic (exact) mass is 462 g/mol. The zero-order chi connectivity index (χ0) is 24.5. The van der Waals surface area contributed by atoms with E-state index >= 15 is 0 Å². The van der Waals surface area contributed by atoms with E-state index < -0.39 is 23.2 Å². The maximum Gasteiger partial charge on any atom is 0.0985 e. The summed E-state index contributed by atoms with van der Waals surface area (Å²) in [5, 5.41) is 44.6. The van der Waals surface area contributed by atoms with E-state index in [1.807, 2.05) is 0 Å². The van der Waals surface area contributed by atoms with Gasteiger partial charge in [0.25, 0.3) is 0 Å². The fourth-order valence-electron chi connectivity index (χ4n) is 9.26. The van der Waals surface area contributed by atoms with Crippen LogP contribution in [0.2, 0.25) is 0 Å². The van der Waals surface area contributed by atoms with Gasteiger partial charge in [0.15, 0.2) is 0 Å². The molecule has 4 nitrogen and oxygen atoms in total. The minimum Gasteiger partial charge on any atom is -0.393 e. The third-order valence-corrected chi connectivity index (χ3v) is 11.7. The second-order valence-electron chi connectivity index (χ2n) is 13.6. The van der Waals surface area contributed by atoms with Crippen molar-refractivity contribution in [1.82, 2.24) is 0 Å². The fraction of sp³-hybridized carbons (Fsp3) is 0.931. The molecule has 0 aromatic rings. The Morgan fingerprint density at radius 2 is 1.70 bits per heavy atom. The number of hydrogen-bond acceptors (Lipinski definition) is 4. The van der Waals surface area contributed by atoms with Crippen molar-refractivity contribution < 1.29 is 20.4 Å². The Labute approximate surface area is 201 Å². The molecule has 0 unspecified atom stereocenters. The van der Waals surface area contributed by atoms with Crippen molar-refractivity contribution in [2.24, 2.45) is 46.3 Å². The number of aliphatic hydroxyl groups excluding tert-OH is 3. The average molecular weight is 463 g/mol. The van der Waals surface area contributed by atoms with Crippen molar-refractivity contribution in [2.75, 3.05) is 0 Å². The maximum atomic E-state index is 11.7. The molecule has 0 aliphatic heterocycles. The van der Waals surface area contributed by atoms with Crippen LogP contribution in [0.5, 0.6) is 0 Å². The first-order valence-corrected chi connectivity index (χ1v) is 13.7. The molecular weight excluding hydrogens is 412 g/mol. The molecule has 0 heterocycles. The third-order valence-electron chi connectivity index (χ3n) is 11.7. The number of hydrogen-bond donors (Lipinski definition) is 4. The summed E-state index contributed by atoms with van der Waals surface area (Å²) in [7, 11) is 0. The summed E-state index contributed by atoms with van der Waals surface area (Å²) in [5.74, 6) is 2.59. The van der Waals surface area contributed by atoms with Gasteiger partial charge in [0, 0.05) is 11.8 Å². The van der Waals surface area contributed by atoms with Crippen LogP contribution in [-0.2, 0) is 0 Å². The highest BCUT2D eigenvalue weighted by Crippen LogP contribution is 2.68. The zero-order valence-corrected chi connectivity index (χ0v) is 22.1. The van der Waals surface area contributed by atoms with Crippen molar-refractivity contribution in [2.45, 2.75) is 124 Å². The average Bonchev–Trinajstić information content (AvgIpc) is 3.00. The van der Waals surface area contributed by atoms with Gasteiger partial charge in [0.05, 0.1) is 23.9 Å². The Morgan fingerprint density at radius 3 is 2.33 bits per heavy atom. The first-order valence-electron chi connectivity index (χ1n) is 13.7. The van der Waals surface area contributed by atoms with Crippen LogP contribution in [0.4, 0.5) is 0 Å². The maximum absolute atomic E-state index is 11.7. The van der Waals surface area contributed by atoms with Gasteiger partial charge >= 0.3 is 0 Å². The molecule has 0 aromatic carbocycles. The van der Waals surface area contributed by atoms with Gasteiger partial charge < -0.3 is 20.4 Å². The lowest BCUT2D eigenvalue weighted by atomic mass is 9.42. The largest absolute Gasteiger partial charge is 0.393 e. The van der Waals surface area contributed by atoms with Crippen LogP contribution in [0.15, 0.2) is 11.1 Å². The molecule has 0 spiro atoms. The molecule has 0 amide bonds. The van der Waals surface area contributed by atoms with E-state index in [9.17, 15) is 20.4 Å². The Balaban J connectivity index is 1.65. The molecule has 11 atom stereocenters. The van der Waals surface area contributed by atoms with Crippen molar-refractivity contribution >= 4 is 0 Å². The predicted octanol–water partition coefficient (Wildman–Crippen LogP) is 5.08. The van der Waals surface area contributed by atoms with Crippen LogP contribution in [0, 0.1) is 46.3 Å². The first-order chi connectivity index (χ1) is 15.3. The smallest absolute Gasteiger partial charge is 0.0985 e. The standard InChI is InChI=1S/C29H50O4/c1-16(2)19(5)17(3)12-18(4)23-14-24(31)26-21-13-25(32)29(33)15-20(30)8-11-28(29,7)22(21)9-10-27(23,26)6/h16-17,19-22,24-26,30-33H,8-15H2,1-7H3/b23-18+/t17-,19-,20+,21-,22+,24+,25-,26-,27-,28-,29+/m1/s1. The molecule has 4 saturated carbocycles. The van der Waals surface area contributed by atoms with Crippen LogP contribution >= 0.6 is 0 Å². The zero-order valence-electron chi connectivity index (χ0n) is 22.1. The number of fused-ring (bicyclic) bond motifs is 5. The number of rotatable bonds is 4. The van der Waals surface area contributed by atoms with Gasteiger partial charge in [-0.05, 0) is 92.8 Å². The number of allylic oxidation sites excluding steroid dienone is 1. The van der Waals surface area contributed by atoms with Crippen LogP contribution in [0.3, 0.4) is 0 Å². The second kappa shape index (κ2) is 8.61. The lowest BCUT2D eigenvalue weighted by Gasteiger charge is -2.65. The minimum atomic E-state index is -1.22. The van der Waals surface area contributed by atoms with E-state index in [0.717, 1.165) is 32.1 Å². The normalized spacial score (nSPS) is 50.9. The van der Waals surface area contributed by atoms with E-state index in [1.165, 1.54) is 11.1 Å². The topological polar surface area (TPSA) is 80.9 Å². The van der Waals surface area contributed by atoms with Crippen LogP contribution in [0.1, 0.15) is 99.8 Å². The molecule has 0 bridgehead atoms. The van der Waals surface area contributed by atoms with Crippen LogP contribution in [0.25, 0.3) is 0 Å². The highest BCUT2D eigenvalue weighted by molar-refractivity contribution is 5.31. The molecule has 0 aromatic heterocycles. The molecule has 4 aliphatic carbocycles. The van der Waals surface area contributed by atoms with Crippen molar-refractivity contribution in [3.8, 4) is 0 Å². The van der Waals surface area contributed by atoms with Crippen LogP contribution < -0.4 is 0 Å².